The minimum atomic E-state index is -0.0591. The van der Waals surface area contributed by atoms with Gasteiger partial charge in [0.2, 0.25) is 5.91 Å². The van der Waals surface area contributed by atoms with Crippen molar-refractivity contribution in [2.75, 3.05) is 5.32 Å². The molecule has 4 aromatic rings. The van der Waals surface area contributed by atoms with Crippen LogP contribution in [0.5, 0.6) is 0 Å². The third kappa shape index (κ3) is 1.94. The first-order valence-electron chi connectivity index (χ1n) is 6.92. The summed E-state index contributed by atoms with van der Waals surface area (Å²) in [6.07, 6.45) is 0. The van der Waals surface area contributed by atoms with E-state index in [4.69, 9.17) is 0 Å². The number of aromatic nitrogens is 1. The number of nitrogens with one attached hydrogen (secondary N) is 2. The van der Waals surface area contributed by atoms with Crippen LogP contribution in [0.2, 0.25) is 0 Å². The van der Waals surface area contributed by atoms with Gasteiger partial charge in [0.15, 0.2) is 0 Å². The Morgan fingerprint density at radius 1 is 0.905 bits per heavy atom. The van der Waals surface area contributed by atoms with E-state index in [1.807, 2.05) is 24.3 Å². The maximum Gasteiger partial charge on any atom is 0.221 e. The van der Waals surface area contributed by atoms with E-state index in [2.05, 4.69) is 40.6 Å². The summed E-state index contributed by atoms with van der Waals surface area (Å²) in [6.45, 7) is 1.52. The third-order valence-electron chi connectivity index (χ3n) is 3.79. The molecule has 0 radical (unpaired) electrons. The molecule has 1 amide bonds. The topological polar surface area (TPSA) is 44.9 Å². The number of anilines is 1. The average molecular weight is 274 g/mol. The van der Waals surface area contributed by atoms with Crippen LogP contribution >= 0.6 is 0 Å². The summed E-state index contributed by atoms with van der Waals surface area (Å²) in [5.74, 6) is -0.0591. The van der Waals surface area contributed by atoms with Crippen LogP contribution in [0.1, 0.15) is 6.92 Å². The van der Waals surface area contributed by atoms with Crippen LogP contribution in [-0.4, -0.2) is 10.9 Å². The van der Waals surface area contributed by atoms with Gasteiger partial charge >= 0.3 is 0 Å². The highest BCUT2D eigenvalue weighted by atomic mass is 16.1. The monoisotopic (exact) mass is 274 g/mol. The van der Waals surface area contributed by atoms with Crippen LogP contribution < -0.4 is 5.32 Å². The summed E-state index contributed by atoms with van der Waals surface area (Å²) >= 11 is 0. The molecule has 0 atom stereocenters. The second-order valence-electron chi connectivity index (χ2n) is 5.31. The van der Waals surface area contributed by atoms with Gasteiger partial charge in [0.1, 0.15) is 0 Å². The normalized spacial score (nSPS) is 11.3. The van der Waals surface area contributed by atoms with Gasteiger partial charge in [0, 0.05) is 34.4 Å². The summed E-state index contributed by atoms with van der Waals surface area (Å²) in [5.41, 5.74) is 2.96. The molecule has 0 aliphatic carbocycles. The van der Waals surface area contributed by atoms with E-state index in [1.54, 1.807) is 0 Å². The SMILES string of the molecule is CC(=O)Nc1ccc2c(c1)[nH]c1cc3ccccc3cc12. The van der Waals surface area contributed by atoms with Gasteiger partial charge in [-0.25, -0.2) is 0 Å². The van der Waals surface area contributed by atoms with E-state index >= 15 is 0 Å². The van der Waals surface area contributed by atoms with Crippen molar-refractivity contribution in [3.05, 3.63) is 54.6 Å². The molecule has 3 nitrogen and oxygen atoms in total. The van der Waals surface area contributed by atoms with Gasteiger partial charge in [0.05, 0.1) is 0 Å². The molecule has 3 aromatic carbocycles. The van der Waals surface area contributed by atoms with Gasteiger partial charge < -0.3 is 10.3 Å². The fraction of sp³-hybridized carbons (Fsp3) is 0.0556. The molecule has 0 aliphatic rings. The Balaban J connectivity index is 2.00. The number of hydrogen-bond donors (Lipinski definition) is 2. The van der Waals surface area contributed by atoms with E-state index in [9.17, 15) is 4.79 Å². The Morgan fingerprint density at radius 3 is 2.38 bits per heavy atom. The number of carbonyl (C=O) groups excluding carboxylic acids is 1. The first-order chi connectivity index (χ1) is 10.2. The van der Waals surface area contributed by atoms with Crippen molar-refractivity contribution >= 4 is 44.2 Å². The van der Waals surface area contributed by atoms with E-state index in [1.165, 1.54) is 28.5 Å². The second kappa shape index (κ2) is 4.35. The zero-order valence-corrected chi connectivity index (χ0v) is 11.6. The highest BCUT2D eigenvalue weighted by Crippen LogP contribution is 2.30. The number of rotatable bonds is 1. The van der Waals surface area contributed by atoms with Gasteiger partial charge in [-0.1, -0.05) is 30.3 Å². The van der Waals surface area contributed by atoms with Gasteiger partial charge in [-0.15, -0.1) is 0 Å². The van der Waals surface area contributed by atoms with Gasteiger partial charge in [-0.2, -0.15) is 0 Å². The number of aromatic amines is 1. The Morgan fingerprint density at radius 2 is 1.62 bits per heavy atom. The zero-order valence-electron chi connectivity index (χ0n) is 11.6. The van der Waals surface area contributed by atoms with E-state index < -0.39 is 0 Å². The first kappa shape index (κ1) is 12.0. The molecule has 0 aliphatic heterocycles. The molecule has 1 aromatic heterocycles. The lowest BCUT2D eigenvalue weighted by Crippen LogP contribution is -2.05. The molecule has 2 N–H and O–H groups in total. The quantitative estimate of drug-likeness (QED) is 0.530. The first-order valence-corrected chi connectivity index (χ1v) is 6.92. The molecule has 0 bridgehead atoms. The van der Waals surface area contributed by atoms with Crippen LogP contribution in [0.4, 0.5) is 5.69 Å². The minimum absolute atomic E-state index is 0.0591. The zero-order chi connectivity index (χ0) is 14.4. The van der Waals surface area contributed by atoms with Crippen molar-refractivity contribution in [2.24, 2.45) is 0 Å². The summed E-state index contributed by atoms with van der Waals surface area (Å²) in [5, 5.41) is 7.65. The Labute approximate surface area is 121 Å². The Hall–Kier alpha value is -2.81. The van der Waals surface area contributed by atoms with Crippen LogP contribution in [0, 0.1) is 0 Å². The molecule has 1 heterocycles. The molecule has 0 fully saturated rings. The van der Waals surface area contributed by atoms with Crippen LogP contribution in [-0.2, 0) is 4.79 Å². The molecule has 0 spiro atoms. The summed E-state index contributed by atoms with van der Waals surface area (Å²) in [4.78, 5) is 14.6. The number of hydrogen-bond acceptors (Lipinski definition) is 1. The largest absolute Gasteiger partial charge is 0.354 e. The number of fused-ring (bicyclic) bond motifs is 4. The van der Waals surface area contributed by atoms with Crippen molar-refractivity contribution in [1.82, 2.24) is 4.98 Å². The molecule has 0 unspecified atom stereocenters. The lowest BCUT2D eigenvalue weighted by atomic mass is 10.1. The van der Waals surface area contributed by atoms with Crippen molar-refractivity contribution in [3.63, 3.8) is 0 Å². The maximum atomic E-state index is 11.2. The van der Waals surface area contributed by atoms with Crippen molar-refractivity contribution < 1.29 is 4.79 Å². The maximum absolute atomic E-state index is 11.2. The lowest BCUT2D eigenvalue weighted by Gasteiger charge is -2.01. The highest BCUT2D eigenvalue weighted by molar-refractivity contribution is 6.12. The van der Waals surface area contributed by atoms with Crippen molar-refractivity contribution in [2.45, 2.75) is 6.92 Å². The predicted molar refractivity (Wildman–Crippen MR) is 87.6 cm³/mol. The number of benzene rings is 3. The smallest absolute Gasteiger partial charge is 0.221 e. The van der Waals surface area contributed by atoms with Gasteiger partial charge in [0.25, 0.3) is 0 Å². The molecule has 0 saturated carbocycles. The molecule has 102 valence electrons. The summed E-state index contributed by atoms with van der Waals surface area (Å²) < 4.78 is 0. The lowest BCUT2D eigenvalue weighted by molar-refractivity contribution is -0.114. The fourth-order valence-corrected chi connectivity index (χ4v) is 2.88. The van der Waals surface area contributed by atoms with E-state index in [0.717, 1.165) is 16.7 Å². The standard InChI is InChI=1S/C18H14N2O/c1-11(21)19-14-6-7-15-16-8-12-4-2-3-5-13(12)9-17(16)20-18(15)10-14/h2-10,20H,1H3,(H,19,21). The molecule has 0 saturated heterocycles. The summed E-state index contributed by atoms with van der Waals surface area (Å²) in [6, 6.07) is 18.7. The van der Waals surface area contributed by atoms with Gasteiger partial charge in [-0.05, 0) is 35.0 Å². The van der Waals surface area contributed by atoms with Crippen molar-refractivity contribution in [1.29, 1.82) is 0 Å². The van der Waals surface area contributed by atoms with Crippen LogP contribution in [0.15, 0.2) is 54.6 Å². The molecule has 4 rings (SSSR count). The molecular formula is C18H14N2O. The third-order valence-corrected chi connectivity index (χ3v) is 3.79. The number of amides is 1. The molecular weight excluding hydrogens is 260 g/mol. The second-order valence-corrected chi connectivity index (χ2v) is 5.31. The number of H-pyrrole nitrogens is 1. The molecule has 21 heavy (non-hydrogen) atoms. The highest BCUT2D eigenvalue weighted by Gasteiger charge is 2.07. The Bertz CT molecular complexity index is 998. The fourth-order valence-electron chi connectivity index (χ4n) is 2.88. The predicted octanol–water partition coefficient (Wildman–Crippen LogP) is 4.43. The summed E-state index contributed by atoms with van der Waals surface area (Å²) in [7, 11) is 0. The van der Waals surface area contributed by atoms with Crippen LogP contribution in [0.3, 0.4) is 0 Å². The van der Waals surface area contributed by atoms with E-state index in [0.29, 0.717) is 0 Å². The van der Waals surface area contributed by atoms with E-state index in [-0.39, 0.29) is 5.91 Å². The molecule has 3 heteroatoms. The minimum Gasteiger partial charge on any atom is -0.354 e. The van der Waals surface area contributed by atoms with Crippen LogP contribution in [0.25, 0.3) is 32.6 Å². The number of carbonyl (C=O) groups is 1. The van der Waals surface area contributed by atoms with Gasteiger partial charge in [-0.3, -0.25) is 4.79 Å². The van der Waals surface area contributed by atoms with Crippen molar-refractivity contribution in [3.8, 4) is 0 Å². The Kier molecular flexibility index (Phi) is 2.48. The average Bonchev–Trinajstić information content (AvgIpc) is 2.80.